The van der Waals surface area contributed by atoms with Crippen molar-refractivity contribution in [1.82, 2.24) is 15.3 Å². The summed E-state index contributed by atoms with van der Waals surface area (Å²) in [4.78, 5) is 31.8. The first kappa shape index (κ1) is 17.9. The van der Waals surface area contributed by atoms with Crippen LogP contribution in [0, 0.1) is 0 Å². The minimum absolute atomic E-state index is 0.0729. The van der Waals surface area contributed by atoms with E-state index in [0.29, 0.717) is 23.1 Å². The van der Waals surface area contributed by atoms with Gasteiger partial charge in [0.15, 0.2) is 0 Å². The minimum atomic E-state index is -0.176. The number of amides is 1. The summed E-state index contributed by atoms with van der Waals surface area (Å²) in [6, 6.07) is 21.3. The molecule has 0 bridgehead atoms. The number of hydrogen-bond acceptors (Lipinski definition) is 3. The standard InChI is InChI=1S/C23H21N3O2/c1-15(17-11-6-8-16-7-2-3-9-18(16)17)24-22(27)14-13-21-25-20-12-5-4-10-19(20)23(28)26-21/h2-12,15H,13-14H2,1H3,(H,24,27)(H,25,26,28)/t15-/m1/s1. The van der Waals surface area contributed by atoms with Gasteiger partial charge in [-0.15, -0.1) is 0 Å². The molecule has 0 aliphatic rings. The maximum atomic E-state index is 12.5. The molecule has 140 valence electrons. The Morgan fingerprint density at radius 1 is 1.00 bits per heavy atom. The van der Waals surface area contributed by atoms with E-state index in [1.165, 1.54) is 0 Å². The highest BCUT2D eigenvalue weighted by molar-refractivity contribution is 5.87. The molecule has 28 heavy (non-hydrogen) atoms. The maximum absolute atomic E-state index is 12.5. The maximum Gasteiger partial charge on any atom is 0.258 e. The van der Waals surface area contributed by atoms with Crippen LogP contribution in [0.15, 0.2) is 71.5 Å². The molecule has 4 rings (SSSR count). The smallest absolute Gasteiger partial charge is 0.258 e. The number of H-pyrrole nitrogens is 1. The predicted molar refractivity (Wildman–Crippen MR) is 111 cm³/mol. The molecule has 0 radical (unpaired) electrons. The van der Waals surface area contributed by atoms with E-state index in [2.05, 4.69) is 33.5 Å². The van der Waals surface area contributed by atoms with Crippen molar-refractivity contribution in [2.75, 3.05) is 0 Å². The number of hydrogen-bond donors (Lipinski definition) is 2. The van der Waals surface area contributed by atoms with Crippen LogP contribution in [0.25, 0.3) is 21.7 Å². The lowest BCUT2D eigenvalue weighted by atomic mass is 9.99. The zero-order valence-corrected chi connectivity index (χ0v) is 15.6. The van der Waals surface area contributed by atoms with Crippen molar-refractivity contribution < 1.29 is 4.79 Å². The molecule has 1 amide bonds. The number of nitrogens with one attached hydrogen (secondary N) is 2. The molecule has 0 aliphatic heterocycles. The van der Waals surface area contributed by atoms with E-state index in [1.807, 2.05) is 37.3 Å². The molecule has 5 heteroatoms. The summed E-state index contributed by atoms with van der Waals surface area (Å²) in [5, 5.41) is 5.90. The van der Waals surface area contributed by atoms with Crippen LogP contribution in [0.2, 0.25) is 0 Å². The van der Waals surface area contributed by atoms with Crippen LogP contribution in [-0.4, -0.2) is 15.9 Å². The van der Waals surface area contributed by atoms with Crippen LogP contribution in [0.1, 0.15) is 30.8 Å². The molecule has 0 saturated carbocycles. The molecule has 0 aliphatic carbocycles. The Balaban J connectivity index is 1.45. The van der Waals surface area contributed by atoms with E-state index in [1.54, 1.807) is 18.2 Å². The molecule has 0 spiro atoms. The molecule has 0 fully saturated rings. The molecule has 4 aromatic rings. The third kappa shape index (κ3) is 3.64. The SMILES string of the molecule is C[C@@H](NC(=O)CCc1nc2ccccc2c(=O)[nH]1)c1cccc2ccccc12. The average Bonchev–Trinajstić information content (AvgIpc) is 2.72. The van der Waals surface area contributed by atoms with Crippen molar-refractivity contribution in [2.24, 2.45) is 0 Å². The fraction of sp³-hybridized carbons (Fsp3) is 0.174. The van der Waals surface area contributed by atoms with Gasteiger partial charge in [0.2, 0.25) is 5.91 Å². The summed E-state index contributed by atoms with van der Waals surface area (Å²) in [6.07, 6.45) is 0.643. The topological polar surface area (TPSA) is 74.8 Å². The number of aryl methyl sites for hydroxylation is 1. The summed E-state index contributed by atoms with van der Waals surface area (Å²) in [7, 11) is 0. The third-order valence-corrected chi connectivity index (χ3v) is 4.92. The molecule has 3 aromatic carbocycles. The lowest BCUT2D eigenvalue weighted by Crippen LogP contribution is -2.27. The number of aromatic nitrogens is 2. The highest BCUT2D eigenvalue weighted by Gasteiger charge is 2.13. The van der Waals surface area contributed by atoms with Gasteiger partial charge in [-0.2, -0.15) is 0 Å². The summed E-state index contributed by atoms with van der Waals surface area (Å²) in [6.45, 7) is 1.98. The van der Waals surface area contributed by atoms with Crippen LogP contribution >= 0.6 is 0 Å². The largest absolute Gasteiger partial charge is 0.350 e. The van der Waals surface area contributed by atoms with Crippen molar-refractivity contribution in [3.8, 4) is 0 Å². The summed E-state index contributed by atoms with van der Waals surface area (Å²) in [5.74, 6) is 0.452. The first-order valence-electron chi connectivity index (χ1n) is 9.37. The number of benzene rings is 3. The van der Waals surface area contributed by atoms with Crippen molar-refractivity contribution in [3.63, 3.8) is 0 Å². The average molecular weight is 371 g/mol. The Labute approximate surface area is 162 Å². The minimum Gasteiger partial charge on any atom is -0.350 e. The normalized spacial score (nSPS) is 12.2. The first-order chi connectivity index (χ1) is 13.6. The van der Waals surface area contributed by atoms with Crippen molar-refractivity contribution >= 4 is 27.6 Å². The monoisotopic (exact) mass is 371 g/mol. The van der Waals surface area contributed by atoms with E-state index >= 15 is 0 Å². The molecule has 1 aromatic heterocycles. The van der Waals surface area contributed by atoms with E-state index in [-0.39, 0.29) is 23.9 Å². The van der Waals surface area contributed by atoms with Crippen molar-refractivity contribution in [3.05, 3.63) is 88.5 Å². The molecule has 1 heterocycles. The van der Waals surface area contributed by atoms with Crippen LogP contribution in [0.4, 0.5) is 0 Å². The van der Waals surface area contributed by atoms with Gasteiger partial charge in [0.25, 0.3) is 5.56 Å². The number of aromatic amines is 1. The molecular formula is C23H21N3O2. The zero-order chi connectivity index (χ0) is 19.5. The first-order valence-corrected chi connectivity index (χ1v) is 9.37. The molecule has 2 N–H and O–H groups in total. The van der Waals surface area contributed by atoms with Crippen molar-refractivity contribution in [2.45, 2.75) is 25.8 Å². The van der Waals surface area contributed by atoms with Crippen LogP contribution in [0.3, 0.4) is 0 Å². The molecule has 5 nitrogen and oxygen atoms in total. The number of fused-ring (bicyclic) bond motifs is 2. The summed E-state index contributed by atoms with van der Waals surface area (Å²) >= 11 is 0. The Morgan fingerprint density at radius 3 is 2.57 bits per heavy atom. The van der Waals surface area contributed by atoms with Gasteiger partial charge in [0.1, 0.15) is 5.82 Å². The number of carbonyl (C=O) groups excluding carboxylic acids is 1. The molecular weight excluding hydrogens is 350 g/mol. The van der Waals surface area contributed by atoms with Gasteiger partial charge in [0, 0.05) is 12.8 Å². The Bertz CT molecular complexity index is 1210. The summed E-state index contributed by atoms with van der Waals surface area (Å²) in [5.41, 5.74) is 1.56. The lowest BCUT2D eigenvalue weighted by molar-refractivity contribution is -0.121. The second kappa shape index (κ2) is 7.64. The fourth-order valence-corrected chi connectivity index (χ4v) is 3.50. The molecule has 1 atom stereocenters. The molecule has 0 saturated heterocycles. The van der Waals surface area contributed by atoms with Crippen LogP contribution in [-0.2, 0) is 11.2 Å². The van der Waals surface area contributed by atoms with E-state index in [0.717, 1.165) is 16.3 Å². The highest BCUT2D eigenvalue weighted by atomic mass is 16.1. The van der Waals surface area contributed by atoms with Gasteiger partial charge < -0.3 is 10.3 Å². The lowest BCUT2D eigenvalue weighted by Gasteiger charge is -2.16. The van der Waals surface area contributed by atoms with E-state index in [4.69, 9.17) is 0 Å². The van der Waals surface area contributed by atoms with Gasteiger partial charge in [0.05, 0.1) is 16.9 Å². The fourth-order valence-electron chi connectivity index (χ4n) is 3.50. The third-order valence-electron chi connectivity index (χ3n) is 4.92. The van der Waals surface area contributed by atoms with Gasteiger partial charge >= 0.3 is 0 Å². The zero-order valence-electron chi connectivity index (χ0n) is 15.6. The van der Waals surface area contributed by atoms with E-state index < -0.39 is 0 Å². The van der Waals surface area contributed by atoms with Gasteiger partial charge in [-0.1, -0.05) is 54.6 Å². The number of rotatable bonds is 5. The van der Waals surface area contributed by atoms with Gasteiger partial charge in [-0.3, -0.25) is 9.59 Å². The van der Waals surface area contributed by atoms with Crippen LogP contribution in [0.5, 0.6) is 0 Å². The quantitative estimate of drug-likeness (QED) is 0.559. The highest BCUT2D eigenvalue weighted by Crippen LogP contribution is 2.24. The Morgan fingerprint density at radius 2 is 1.71 bits per heavy atom. The number of nitrogens with zero attached hydrogens (tertiary/aromatic N) is 1. The number of carbonyl (C=O) groups is 1. The van der Waals surface area contributed by atoms with E-state index in [9.17, 15) is 9.59 Å². The predicted octanol–water partition coefficient (Wildman–Crippen LogP) is 3.89. The molecule has 0 unspecified atom stereocenters. The van der Waals surface area contributed by atoms with Crippen LogP contribution < -0.4 is 10.9 Å². The second-order valence-corrected chi connectivity index (χ2v) is 6.89. The van der Waals surface area contributed by atoms with Crippen molar-refractivity contribution in [1.29, 1.82) is 0 Å². The summed E-state index contributed by atoms with van der Waals surface area (Å²) < 4.78 is 0. The van der Waals surface area contributed by atoms with Gasteiger partial charge in [-0.05, 0) is 35.4 Å². The Hall–Kier alpha value is -3.47. The number of para-hydroxylation sites is 1. The second-order valence-electron chi connectivity index (χ2n) is 6.89. The Kier molecular flexibility index (Phi) is 4.89. The van der Waals surface area contributed by atoms with Gasteiger partial charge in [-0.25, -0.2) is 4.98 Å².